The van der Waals surface area contributed by atoms with Gasteiger partial charge in [0.05, 0.1) is 13.0 Å². The Morgan fingerprint density at radius 2 is 1.96 bits per heavy atom. The summed E-state index contributed by atoms with van der Waals surface area (Å²) in [4.78, 5) is 15.4. The third-order valence-corrected chi connectivity index (χ3v) is 5.43. The van der Waals surface area contributed by atoms with Crippen molar-refractivity contribution in [3.63, 3.8) is 0 Å². The van der Waals surface area contributed by atoms with Gasteiger partial charge < -0.3 is 10.1 Å². The van der Waals surface area contributed by atoms with Crippen LogP contribution < -0.4 is 10.1 Å². The first kappa shape index (κ1) is 20.2. The predicted molar refractivity (Wildman–Crippen MR) is 116 cm³/mol. The van der Waals surface area contributed by atoms with Gasteiger partial charge >= 0.3 is 0 Å². The minimum atomic E-state index is 0.0299. The van der Waals surface area contributed by atoms with E-state index >= 15 is 0 Å². The molecule has 1 aliphatic rings. The van der Waals surface area contributed by atoms with Gasteiger partial charge in [-0.1, -0.05) is 42.0 Å². The molecule has 0 radical (unpaired) electrons. The van der Waals surface area contributed by atoms with Gasteiger partial charge in [0.2, 0.25) is 5.91 Å². The molecule has 28 heavy (non-hydrogen) atoms. The molecule has 0 aromatic heterocycles. The number of allylic oxidation sites excluding steroid dienone is 1. The molecule has 4 heteroatoms. The molecule has 1 atom stereocenters. The Morgan fingerprint density at radius 3 is 2.68 bits per heavy atom. The van der Waals surface area contributed by atoms with Gasteiger partial charge in [-0.2, -0.15) is 0 Å². The van der Waals surface area contributed by atoms with Crippen molar-refractivity contribution in [2.24, 2.45) is 5.92 Å². The normalized spacial score (nSPS) is 18.0. The van der Waals surface area contributed by atoms with Crippen LogP contribution in [0.15, 0.2) is 60.2 Å². The Balaban J connectivity index is 1.72. The molecule has 0 bridgehead atoms. The van der Waals surface area contributed by atoms with Crippen LogP contribution in [-0.2, 0) is 4.79 Å². The molecule has 3 rings (SSSR count). The third-order valence-electron chi connectivity index (χ3n) is 5.43. The third kappa shape index (κ3) is 5.02. The van der Waals surface area contributed by atoms with Gasteiger partial charge in [-0.25, -0.2) is 0 Å². The molecule has 1 fully saturated rings. The number of likely N-dealkylation sites (tertiary alicyclic amines) is 1. The molecular weight excluding hydrogens is 348 g/mol. The Hall–Kier alpha value is -2.59. The number of carbonyl (C=O) groups excluding carboxylic acids is 1. The number of piperidine rings is 1. The van der Waals surface area contributed by atoms with Crippen LogP contribution in [0.4, 0.5) is 5.69 Å². The minimum Gasteiger partial charge on any atom is -0.497 e. The first-order chi connectivity index (χ1) is 13.6. The van der Waals surface area contributed by atoms with E-state index in [1.54, 1.807) is 7.11 Å². The van der Waals surface area contributed by atoms with E-state index in [0.29, 0.717) is 0 Å². The molecule has 2 aromatic rings. The number of anilines is 1. The Kier molecular flexibility index (Phi) is 6.88. The maximum Gasteiger partial charge on any atom is 0.228 e. The topological polar surface area (TPSA) is 41.6 Å². The molecule has 1 heterocycles. The molecule has 148 valence electrons. The highest BCUT2D eigenvalue weighted by molar-refractivity contribution is 5.97. The van der Waals surface area contributed by atoms with E-state index in [1.165, 1.54) is 5.57 Å². The SMILES string of the molecule is CC=C(C)CN1CCCC(C(=O)Nc2ccccc2-c2ccc(OC)cc2)C1. The molecular formula is C24H30N2O2. The summed E-state index contributed by atoms with van der Waals surface area (Å²) in [5, 5.41) is 3.18. The molecule has 1 unspecified atom stereocenters. The van der Waals surface area contributed by atoms with Crippen molar-refractivity contribution in [3.05, 3.63) is 60.2 Å². The number of hydrogen-bond acceptors (Lipinski definition) is 3. The number of rotatable bonds is 6. The number of nitrogens with one attached hydrogen (secondary N) is 1. The molecule has 4 nitrogen and oxygen atoms in total. The van der Waals surface area contributed by atoms with E-state index in [2.05, 4.69) is 30.1 Å². The smallest absolute Gasteiger partial charge is 0.228 e. The maximum atomic E-state index is 13.0. The van der Waals surface area contributed by atoms with Gasteiger partial charge in [-0.05, 0) is 57.0 Å². The van der Waals surface area contributed by atoms with Crippen molar-refractivity contribution < 1.29 is 9.53 Å². The first-order valence-corrected chi connectivity index (χ1v) is 9.99. The van der Waals surface area contributed by atoms with E-state index in [-0.39, 0.29) is 11.8 Å². The minimum absolute atomic E-state index is 0.0299. The maximum absolute atomic E-state index is 13.0. The van der Waals surface area contributed by atoms with Crippen LogP contribution in [0.3, 0.4) is 0 Å². The number of hydrogen-bond donors (Lipinski definition) is 1. The number of methoxy groups -OCH3 is 1. The van der Waals surface area contributed by atoms with Crippen LogP contribution in [0.5, 0.6) is 5.75 Å². The second-order valence-corrected chi connectivity index (χ2v) is 7.47. The molecule has 1 N–H and O–H groups in total. The van der Waals surface area contributed by atoms with Crippen molar-refractivity contribution >= 4 is 11.6 Å². The fourth-order valence-corrected chi connectivity index (χ4v) is 3.71. The fraction of sp³-hybridized carbons (Fsp3) is 0.375. The highest BCUT2D eigenvalue weighted by atomic mass is 16.5. The summed E-state index contributed by atoms with van der Waals surface area (Å²) in [5.74, 6) is 0.968. The summed E-state index contributed by atoms with van der Waals surface area (Å²) in [6, 6.07) is 15.9. The lowest BCUT2D eigenvalue weighted by atomic mass is 9.96. The van der Waals surface area contributed by atoms with Gasteiger partial charge in [0.1, 0.15) is 5.75 Å². The van der Waals surface area contributed by atoms with Gasteiger partial charge in [-0.3, -0.25) is 9.69 Å². The van der Waals surface area contributed by atoms with Crippen LogP contribution in [0.25, 0.3) is 11.1 Å². The van der Waals surface area contributed by atoms with Crippen LogP contribution in [0, 0.1) is 5.92 Å². The summed E-state index contributed by atoms with van der Waals surface area (Å²) in [6.45, 7) is 7.05. The number of amides is 1. The second-order valence-electron chi connectivity index (χ2n) is 7.47. The lowest BCUT2D eigenvalue weighted by Gasteiger charge is -2.32. The van der Waals surface area contributed by atoms with Gasteiger partial charge in [-0.15, -0.1) is 0 Å². The zero-order valence-electron chi connectivity index (χ0n) is 17.1. The molecule has 0 spiro atoms. The second kappa shape index (κ2) is 9.56. The first-order valence-electron chi connectivity index (χ1n) is 9.99. The Labute approximate surface area is 168 Å². The highest BCUT2D eigenvalue weighted by Gasteiger charge is 2.26. The van der Waals surface area contributed by atoms with E-state index in [0.717, 1.165) is 55.0 Å². The molecule has 0 saturated carbocycles. The van der Waals surface area contributed by atoms with Crippen molar-refractivity contribution in [2.75, 3.05) is 32.1 Å². The van der Waals surface area contributed by atoms with E-state index in [1.807, 2.05) is 48.5 Å². The lowest BCUT2D eigenvalue weighted by molar-refractivity contribution is -0.121. The molecule has 1 saturated heterocycles. The van der Waals surface area contributed by atoms with Gasteiger partial charge in [0, 0.05) is 24.3 Å². The van der Waals surface area contributed by atoms with Gasteiger partial charge in [0.15, 0.2) is 0 Å². The highest BCUT2D eigenvalue weighted by Crippen LogP contribution is 2.30. The number of nitrogens with zero attached hydrogens (tertiary/aromatic N) is 1. The number of benzene rings is 2. The molecule has 1 amide bonds. The Morgan fingerprint density at radius 1 is 1.21 bits per heavy atom. The zero-order chi connectivity index (χ0) is 19.9. The molecule has 0 aliphatic carbocycles. The Bertz CT molecular complexity index is 827. The van der Waals surface area contributed by atoms with Crippen LogP contribution in [-0.4, -0.2) is 37.6 Å². The van der Waals surface area contributed by atoms with Crippen molar-refractivity contribution in [2.45, 2.75) is 26.7 Å². The summed E-state index contributed by atoms with van der Waals surface area (Å²) in [5.41, 5.74) is 4.30. The number of para-hydroxylation sites is 1. The van der Waals surface area contributed by atoms with Crippen LogP contribution >= 0.6 is 0 Å². The summed E-state index contributed by atoms with van der Waals surface area (Å²) in [7, 11) is 1.66. The molecule has 1 aliphatic heterocycles. The number of ether oxygens (including phenoxy) is 1. The lowest BCUT2D eigenvalue weighted by Crippen LogP contribution is -2.41. The van der Waals surface area contributed by atoms with Crippen molar-refractivity contribution in [1.29, 1.82) is 0 Å². The van der Waals surface area contributed by atoms with Crippen molar-refractivity contribution in [3.8, 4) is 16.9 Å². The zero-order valence-corrected chi connectivity index (χ0v) is 17.1. The summed E-state index contributed by atoms with van der Waals surface area (Å²) >= 11 is 0. The molecule has 2 aromatic carbocycles. The largest absolute Gasteiger partial charge is 0.497 e. The van der Waals surface area contributed by atoms with E-state index in [4.69, 9.17) is 4.74 Å². The monoisotopic (exact) mass is 378 g/mol. The van der Waals surface area contributed by atoms with Crippen molar-refractivity contribution in [1.82, 2.24) is 4.90 Å². The van der Waals surface area contributed by atoms with Gasteiger partial charge in [0.25, 0.3) is 0 Å². The summed E-state index contributed by atoms with van der Waals surface area (Å²) < 4.78 is 5.25. The van der Waals surface area contributed by atoms with Crippen LogP contribution in [0.2, 0.25) is 0 Å². The standard InChI is InChI=1S/C24H30N2O2/c1-4-18(2)16-26-15-7-8-20(17-26)24(27)25-23-10-6-5-9-22(23)19-11-13-21(28-3)14-12-19/h4-6,9-14,20H,7-8,15-17H2,1-3H3,(H,25,27). The van der Waals surface area contributed by atoms with E-state index in [9.17, 15) is 4.79 Å². The average Bonchev–Trinajstić information content (AvgIpc) is 2.74. The van der Waals surface area contributed by atoms with E-state index < -0.39 is 0 Å². The van der Waals surface area contributed by atoms with Crippen LogP contribution in [0.1, 0.15) is 26.7 Å². The average molecular weight is 379 g/mol. The quantitative estimate of drug-likeness (QED) is 0.721. The fourth-order valence-electron chi connectivity index (χ4n) is 3.71. The summed E-state index contributed by atoms with van der Waals surface area (Å²) in [6.07, 6.45) is 4.16. The predicted octanol–water partition coefficient (Wildman–Crippen LogP) is 4.98. The number of carbonyl (C=O) groups is 1.